The molecule has 0 heterocycles. The molecule has 0 bridgehead atoms. The lowest BCUT2D eigenvalue weighted by Crippen LogP contribution is -1.97. The average molecular weight is 396 g/mol. The molecule has 108 valence electrons. The van der Waals surface area contributed by atoms with Gasteiger partial charge in [-0.05, 0) is 61.6 Å². The molecule has 0 aromatic heterocycles. The first kappa shape index (κ1) is 14.7. The molecule has 0 aliphatic heterocycles. The molecule has 1 fully saturated rings. The zero-order valence-electron chi connectivity index (χ0n) is 11.5. The maximum absolute atomic E-state index is 14.3. The van der Waals surface area contributed by atoms with E-state index >= 15 is 0 Å². The smallest absolute Gasteiger partial charge is 0.166 e. The van der Waals surface area contributed by atoms with Crippen molar-refractivity contribution in [2.24, 2.45) is 0 Å². The minimum Gasteiger partial charge on any atom is -0.203 e. The summed E-state index contributed by atoms with van der Waals surface area (Å²) in [4.78, 5) is 0. The van der Waals surface area contributed by atoms with Crippen LogP contribution in [0.15, 0.2) is 46.6 Å². The second-order valence-corrected chi connectivity index (χ2v) is 7.02. The van der Waals surface area contributed by atoms with Crippen molar-refractivity contribution in [3.05, 3.63) is 69.3 Å². The first-order valence-corrected chi connectivity index (χ1v) is 8.04. The lowest BCUT2D eigenvalue weighted by molar-refractivity contribution is 0.503. The van der Waals surface area contributed by atoms with E-state index in [1.807, 2.05) is 46.9 Å². The molecule has 1 aliphatic rings. The Balaban J connectivity index is 1.94. The third kappa shape index (κ3) is 3.18. The van der Waals surface area contributed by atoms with Gasteiger partial charge >= 0.3 is 0 Å². The molecule has 0 spiro atoms. The van der Waals surface area contributed by atoms with Crippen molar-refractivity contribution in [3.63, 3.8) is 0 Å². The van der Waals surface area contributed by atoms with E-state index in [4.69, 9.17) is 0 Å². The van der Waals surface area contributed by atoms with Gasteiger partial charge in [0.2, 0.25) is 0 Å². The lowest BCUT2D eigenvalue weighted by Gasteiger charge is -2.09. The van der Waals surface area contributed by atoms with Crippen LogP contribution in [0.2, 0.25) is 0 Å². The maximum Gasteiger partial charge on any atom is 0.166 e. The molecule has 0 radical (unpaired) electrons. The van der Waals surface area contributed by atoms with Crippen LogP contribution >= 0.6 is 22.6 Å². The van der Waals surface area contributed by atoms with Crippen LogP contribution in [-0.2, 0) is 6.42 Å². The fraction of sp³-hybridized carbons (Fsp3) is 0.222. The highest BCUT2D eigenvalue weighted by Crippen LogP contribution is 2.40. The fourth-order valence-electron chi connectivity index (χ4n) is 2.51. The average Bonchev–Trinajstić information content (AvgIpc) is 3.29. The van der Waals surface area contributed by atoms with Gasteiger partial charge in [0, 0.05) is 12.0 Å². The van der Waals surface area contributed by atoms with Gasteiger partial charge in [-0.25, -0.2) is 8.78 Å². The van der Waals surface area contributed by atoms with Gasteiger partial charge in [-0.15, -0.1) is 0 Å². The fourth-order valence-corrected chi connectivity index (χ4v) is 2.92. The van der Waals surface area contributed by atoms with Crippen LogP contribution in [0.25, 0.3) is 11.1 Å². The van der Waals surface area contributed by atoms with E-state index in [0.717, 1.165) is 9.14 Å². The predicted molar refractivity (Wildman–Crippen MR) is 90.6 cm³/mol. The molecular formula is C18H15F2I. The molecule has 3 rings (SSSR count). The van der Waals surface area contributed by atoms with Crippen LogP contribution < -0.4 is 0 Å². The highest BCUT2D eigenvalue weighted by atomic mass is 127. The van der Waals surface area contributed by atoms with E-state index in [-0.39, 0.29) is 0 Å². The third-order valence-electron chi connectivity index (χ3n) is 3.81. The molecule has 21 heavy (non-hydrogen) atoms. The van der Waals surface area contributed by atoms with E-state index in [2.05, 4.69) is 6.58 Å². The molecule has 2 aromatic rings. The summed E-state index contributed by atoms with van der Waals surface area (Å²) in [6.45, 7) is 3.73. The molecule has 1 saturated carbocycles. The van der Waals surface area contributed by atoms with Crippen LogP contribution in [-0.4, -0.2) is 0 Å². The maximum atomic E-state index is 14.3. The predicted octanol–water partition coefficient (Wildman–Crippen LogP) is 6.00. The number of benzene rings is 2. The van der Waals surface area contributed by atoms with Crippen molar-refractivity contribution in [2.75, 3.05) is 0 Å². The summed E-state index contributed by atoms with van der Waals surface area (Å²) >= 11 is 2.03. The number of halogens is 3. The number of rotatable bonds is 4. The quantitative estimate of drug-likeness (QED) is 0.556. The summed E-state index contributed by atoms with van der Waals surface area (Å²) in [7, 11) is 0. The van der Waals surface area contributed by atoms with E-state index in [1.165, 1.54) is 18.4 Å². The standard InChI is InChI=1S/C18H15F2I/c1-11(21)10-15-8-9-16(18(20)17(15)19)14-6-4-13(5-7-14)12-2-3-12/h4-9,12H,1-3,10H2. The van der Waals surface area contributed by atoms with Crippen molar-refractivity contribution in [3.8, 4) is 11.1 Å². The van der Waals surface area contributed by atoms with Gasteiger partial charge in [0.15, 0.2) is 11.6 Å². The highest BCUT2D eigenvalue weighted by Gasteiger charge is 2.23. The van der Waals surface area contributed by atoms with E-state index in [1.54, 1.807) is 12.1 Å². The zero-order valence-corrected chi connectivity index (χ0v) is 13.7. The monoisotopic (exact) mass is 396 g/mol. The van der Waals surface area contributed by atoms with Crippen LogP contribution in [0, 0.1) is 11.6 Å². The number of hydrogen-bond donors (Lipinski definition) is 0. The van der Waals surface area contributed by atoms with Crippen LogP contribution in [0.1, 0.15) is 29.9 Å². The van der Waals surface area contributed by atoms with E-state index in [9.17, 15) is 8.78 Å². The summed E-state index contributed by atoms with van der Waals surface area (Å²) < 4.78 is 29.2. The van der Waals surface area contributed by atoms with Crippen LogP contribution in [0.5, 0.6) is 0 Å². The Morgan fingerprint density at radius 2 is 1.71 bits per heavy atom. The molecule has 0 nitrogen and oxygen atoms in total. The molecule has 0 atom stereocenters. The summed E-state index contributed by atoms with van der Waals surface area (Å²) in [5, 5.41) is 0. The largest absolute Gasteiger partial charge is 0.203 e. The Morgan fingerprint density at radius 1 is 1.05 bits per heavy atom. The molecule has 3 heteroatoms. The molecule has 1 aliphatic carbocycles. The summed E-state index contributed by atoms with van der Waals surface area (Å²) in [6.07, 6.45) is 2.82. The molecule has 2 aromatic carbocycles. The van der Waals surface area contributed by atoms with Gasteiger partial charge in [0.05, 0.1) is 0 Å². The molecular weight excluding hydrogens is 381 g/mol. The van der Waals surface area contributed by atoms with Gasteiger partial charge < -0.3 is 0 Å². The van der Waals surface area contributed by atoms with Crippen molar-refractivity contribution in [1.29, 1.82) is 0 Å². The van der Waals surface area contributed by atoms with Crippen molar-refractivity contribution in [1.82, 2.24) is 0 Å². The summed E-state index contributed by atoms with van der Waals surface area (Å²) in [5.74, 6) is -0.876. The number of hydrogen-bond acceptors (Lipinski definition) is 0. The lowest BCUT2D eigenvalue weighted by atomic mass is 9.99. The minimum absolute atomic E-state index is 0.317. The Kier molecular flexibility index (Phi) is 4.11. The normalized spacial score (nSPS) is 14.2. The molecule has 0 N–H and O–H groups in total. The van der Waals surface area contributed by atoms with E-state index in [0.29, 0.717) is 23.5 Å². The second kappa shape index (κ2) is 5.87. The topological polar surface area (TPSA) is 0 Å². The Labute approximate surface area is 137 Å². The Morgan fingerprint density at radius 3 is 2.29 bits per heavy atom. The number of allylic oxidation sites excluding steroid dienone is 1. The summed E-state index contributed by atoms with van der Waals surface area (Å²) in [6, 6.07) is 11.1. The Bertz CT molecular complexity index is 685. The van der Waals surface area contributed by atoms with Gasteiger partial charge in [0.25, 0.3) is 0 Å². The van der Waals surface area contributed by atoms with E-state index < -0.39 is 11.6 Å². The highest BCUT2D eigenvalue weighted by molar-refractivity contribution is 14.1. The molecule has 0 saturated heterocycles. The van der Waals surface area contributed by atoms with Gasteiger partial charge in [-0.1, -0.05) is 43.0 Å². The molecule has 0 unspecified atom stereocenters. The first-order chi connectivity index (χ1) is 10.1. The third-order valence-corrected chi connectivity index (χ3v) is 4.20. The van der Waals surface area contributed by atoms with Gasteiger partial charge in [-0.2, -0.15) is 0 Å². The van der Waals surface area contributed by atoms with Crippen molar-refractivity contribution in [2.45, 2.75) is 25.2 Å². The second-order valence-electron chi connectivity index (χ2n) is 5.49. The minimum atomic E-state index is -0.774. The van der Waals surface area contributed by atoms with Gasteiger partial charge in [-0.3, -0.25) is 0 Å². The van der Waals surface area contributed by atoms with Gasteiger partial charge in [0.1, 0.15) is 0 Å². The van der Waals surface area contributed by atoms with Crippen molar-refractivity contribution < 1.29 is 8.78 Å². The summed E-state index contributed by atoms with van der Waals surface area (Å²) in [5.41, 5.74) is 2.68. The SMILES string of the molecule is C=C(I)Cc1ccc(-c2ccc(C3CC3)cc2)c(F)c1F. The Hall–Kier alpha value is -1.23. The van der Waals surface area contributed by atoms with Crippen LogP contribution in [0.4, 0.5) is 8.78 Å². The molecule has 0 amide bonds. The van der Waals surface area contributed by atoms with Crippen LogP contribution in [0.3, 0.4) is 0 Å². The zero-order chi connectivity index (χ0) is 15.0. The van der Waals surface area contributed by atoms with Crippen molar-refractivity contribution >= 4 is 22.6 Å². The first-order valence-electron chi connectivity index (χ1n) is 6.96.